The number of carbonyl (C=O) groups is 2. The second kappa shape index (κ2) is 14.0. The van der Waals surface area contributed by atoms with Crippen LogP contribution in [0.3, 0.4) is 0 Å². The SMILES string of the molecule is CC.CC(=O)CC1C=CC=CC=C1.NC(=O)OCc1ccccc1. The molecule has 1 aliphatic carbocycles. The Morgan fingerprint density at radius 2 is 1.54 bits per heavy atom. The van der Waals surface area contributed by atoms with E-state index in [9.17, 15) is 9.59 Å². The van der Waals surface area contributed by atoms with Crippen molar-refractivity contribution >= 4 is 11.9 Å². The van der Waals surface area contributed by atoms with Crippen molar-refractivity contribution in [2.24, 2.45) is 11.7 Å². The van der Waals surface area contributed by atoms with Gasteiger partial charge in [0.25, 0.3) is 0 Å². The van der Waals surface area contributed by atoms with Crippen LogP contribution in [0.25, 0.3) is 0 Å². The highest BCUT2D eigenvalue weighted by molar-refractivity contribution is 5.76. The van der Waals surface area contributed by atoms with Crippen LogP contribution in [0.15, 0.2) is 66.8 Å². The summed E-state index contributed by atoms with van der Waals surface area (Å²) >= 11 is 0. The second-order valence-corrected chi connectivity index (χ2v) is 4.82. The number of nitrogens with two attached hydrogens (primary N) is 1. The quantitative estimate of drug-likeness (QED) is 0.879. The number of ketones is 1. The predicted molar refractivity (Wildman–Crippen MR) is 98.4 cm³/mol. The van der Waals surface area contributed by atoms with Crippen LogP contribution in [-0.4, -0.2) is 11.9 Å². The monoisotopic (exact) mass is 329 g/mol. The lowest BCUT2D eigenvalue weighted by Gasteiger charge is -2.01. The van der Waals surface area contributed by atoms with Crippen molar-refractivity contribution in [3.63, 3.8) is 0 Å². The molecule has 0 bridgehead atoms. The Morgan fingerprint density at radius 1 is 1.00 bits per heavy atom. The van der Waals surface area contributed by atoms with Crippen LogP contribution in [0.2, 0.25) is 0 Å². The van der Waals surface area contributed by atoms with Gasteiger partial charge in [-0.1, -0.05) is 80.6 Å². The van der Waals surface area contributed by atoms with E-state index in [1.165, 1.54) is 0 Å². The molecule has 0 aromatic heterocycles. The zero-order chi connectivity index (χ0) is 18.2. The predicted octanol–water partition coefficient (Wildman–Crippen LogP) is 4.57. The molecule has 0 heterocycles. The lowest BCUT2D eigenvalue weighted by atomic mass is 10.0. The average molecular weight is 329 g/mol. The molecule has 2 rings (SSSR count). The molecule has 0 spiro atoms. The molecule has 0 saturated carbocycles. The van der Waals surface area contributed by atoms with Crippen molar-refractivity contribution < 1.29 is 14.3 Å². The fourth-order valence-electron chi connectivity index (χ4n) is 1.80. The number of amides is 1. The normalized spacial score (nSPS) is 12.1. The van der Waals surface area contributed by atoms with Gasteiger partial charge in [-0.2, -0.15) is 0 Å². The van der Waals surface area contributed by atoms with Gasteiger partial charge in [0, 0.05) is 12.3 Å². The Morgan fingerprint density at radius 3 is 2.00 bits per heavy atom. The summed E-state index contributed by atoms with van der Waals surface area (Å²) in [6.07, 6.45) is 11.9. The van der Waals surface area contributed by atoms with Gasteiger partial charge >= 0.3 is 6.09 Å². The minimum atomic E-state index is -0.742. The van der Waals surface area contributed by atoms with Gasteiger partial charge in [-0.05, 0) is 12.5 Å². The van der Waals surface area contributed by atoms with Gasteiger partial charge in [-0.25, -0.2) is 4.79 Å². The molecule has 0 atom stereocenters. The molecule has 130 valence electrons. The van der Waals surface area contributed by atoms with Crippen molar-refractivity contribution in [1.29, 1.82) is 0 Å². The standard InChI is InChI=1S/C10H12O.C8H9NO2.C2H6/c1-9(11)8-10-6-4-2-3-5-7-10;9-8(10)11-6-7-4-2-1-3-5-7;1-2/h2-7,10H,8H2,1H3;1-5H,6H2,(H2,9,10);1-2H3. The van der Waals surface area contributed by atoms with Crippen molar-refractivity contribution in [1.82, 2.24) is 0 Å². The van der Waals surface area contributed by atoms with Crippen LogP contribution >= 0.6 is 0 Å². The van der Waals surface area contributed by atoms with E-state index in [-0.39, 0.29) is 12.4 Å². The first-order chi connectivity index (χ1) is 11.6. The summed E-state index contributed by atoms with van der Waals surface area (Å²) in [5, 5.41) is 0. The molecular weight excluding hydrogens is 302 g/mol. The van der Waals surface area contributed by atoms with Gasteiger partial charge < -0.3 is 10.5 Å². The van der Waals surface area contributed by atoms with Gasteiger partial charge in [-0.15, -0.1) is 0 Å². The third-order valence-electron chi connectivity index (χ3n) is 2.80. The van der Waals surface area contributed by atoms with Crippen LogP contribution in [0.5, 0.6) is 0 Å². The molecule has 24 heavy (non-hydrogen) atoms. The number of ether oxygens (including phenoxy) is 1. The smallest absolute Gasteiger partial charge is 0.404 e. The Kier molecular flexibility index (Phi) is 12.5. The summed E-state index contributed by atoms with van der Waals surface area (Å²) in [4.78, 5) is 20.9. The summed E-state index contributed by atoms with van der Waals surface area (Å²) in [5.41, 5.74) is 5.72. The van der Waals surface area contributed by atoms with E-state index in [4.69, 9.17) is 5.73 Å². The number of benzene rings is 1. The molecule has 0 aliphatic heterocycles. The number of hydrogen-bond donors (Lipinski definition) is 1. The van der Waals surface area contributed by atoms with Crippen LogP contribution in [-0.2, 0) is 16.1 Å². The Hall–Kier alpha value is -2.62. The van der Waals surface area contributed by atoms with Gasteiger partial charge in [0.15, 0.2) is 0 Å². The van der Waals surface area contributed by atoms with Crippen LogP contribution in [0.1, 0.15) is 32.8 Å². The molecular formula is C20H27NO3. The molecule has 2 N–H and O–H groups in total. The molecule has 4 nitrogen and oxygen atoms in total. The highest BCUT2D eigenvalue weighted by Gasteiger charge is 2.03. The molecule has 0 radical (unpaired) electrons. The van der Waals surface area contributed by atoms with E-state index in [2.05, 4.69) is 4.74 Å². The average Bonchev–Trinajstić information content (AvgIpc) is 2.84. The second-order valence-electron chi connectivity index (χ2n) is 4.82. The number of primary amides is 1. The Balaban J connectivity index is 0.000000400. The van der Waals surface area contributed by atoms with Crippen LogP contribution in [0.4, 0.5) is 4.79 Å². The molecule has 1 aliphatic rings. The number of rotatable bonds is 4. The highest BCUT2D eigenvalue weighted by Crippen LogP contribution is 2.10. The van der Waals surface area contributed by atoms with Gasteiger partial charge in [-0.3, -0.25) is 4.79 Å². The summed E-state index contributed by atoms with van der Waals surface area (Å²) in [7, 11) is 0. The zero-order valence-electron chi connectivity index (χ0n) is 14.6. The third kappa shape index (κ3) is 12.0. The maximum atomic E-state index is 10.7. The van der Waals surface area contributed by atoms with Crippen molar-refractivity contribution in [2.45, 2.75) is 33.8 Å². The lowest BCUT2D eigenvalue weighted by molar-refractivity contribution is -0.117. The van der Waals surface area contributed by atoms with E-state index in [1.807, 2.05) is 80.6 Å². The summed E-state index contributed by atoms with van der Waals surface area (Å²) in [6, 6.07) is 9.37. The molecule has 1 aromatic rings. The zero-order valence-corrected chi connectivity index (χ0v) is 14.6. The Labute approximate surface area is 144 Å². The molecule has 1 aromatic carbocycles. The van der Waals surface area contributed by atoms with Gasteiger partial charge in [0.1, 0.15) is 12.4 Å². The molecule has 0 fully saturated rings. The maximum absolute atomic E-state index is 10.7. The summed E-state index contributed by atoms with van der Waals surface area (Å²) in [5.74, 6) is 0.536. The van der Waals surface area contributed by atoms with Crippen molar-refractivity contribution in [2.75, 3.05) is 0 Å². The number of hydrogen-bond acceptors (Lipinski definition) is 3. The van der Waals surface area contributed by atoms with E-state index < -0.39 is 6.09 Å². The van der Waals surface area contributed by atoms with Crippen molar-refractivity contribution in [3.05, 3.63) is 72.4 Å². The minimum Gasteiger partial charge on any atom is -0.445 e. The van der Waals surface area contributed by atoms with E-state index in [1.54, 1.807) is 6.92 Å². The van der Waals surface area contributed by atoms with E-state index in [0.717, 1.165) is 5.56 Å². The Bertz CT molecular complexity index is 544. The molecule has 4 heteroatoms. The molecule has 0 unspecified atom stereocenters. The summed E-state index contributed by atoms with van der Waals surface area (Å²) in [6.45, 7) is 5.87. The first-order valence-corrected chi connectivity index (χ1v) is 8.05. The van der Waals surface area contributed by atoms with Gasteiger partial charge in [0.05, 0.1) is 0 Å². The van der Waals surface area contributed by atoms with Crippen LogP contribution < -0.4 is 5.73 Å². The van der Waals surface area contributed by atoms with Gasteiger partial charge in [0.2, 0.25) is 0 Å². The topological polar surface area (TPSA) is 69.4 Å². The number of Topliss-reactive ketones (excluding diaryl/α,β-unsaturated/α-hetero) is 1. The fraction of sp³-hybridized carbons (Fsp3) is 0.300. The summed E-state index contributed by atoms with van der Waals surface area (Å²) < 4.78 is 4.57. The van der Waals surface area contributed by atoms with E-state index >= 15 is 0 Å². The fourth-order valence-corrected chi connectivity index (χ4v) is 1.80. The molecule has 0 saturated heterocycles. The maximum Gasteiger partial charge on any atom is 0.404 e. The van der Waals surface area contributed by atoms with E-state index in [0.29, 0.717) is 12.3 Å². The lowest BCUT2D eigenvalue weighted by Crippen LogP contribution is -2.12. The van der Waals surface area contributed by atoms with Crippen molar-refractivity contribution in [3.8, 4) is 0 Å². The van der Waals surface area contributed by atoms with Crippen LogP contribution in [0, 0.1) is 5.92 Å². The highest BCUT2D eigenvalue weighted by atomic mass is 16.5. The third-order valence-corrected chi connectivity index (χ3v) is 2.80. The number of allylic oxidation sites excluding steroid dienone is 6. The number of carbonyl (C=O) groups excluding carboxylic acids is 2. The molecule has 1 amide bonds. The first-order valence-electron chi connectivity index (χ1n) is 8.05. The largest absolute Gasteiger partial charge is 0.445 e. The minimum absolute atomic E-state index is 0.242. The first kappa shape index (κ1) is 21.4.